The summed E-state index contributed by atoms with van der Waals surface area (Å²) >= 11 is 0. The van der Waals surface area contributed by atoms with Gasteiger partial charge in [0.1, 0.15) is 0 Å². The van der Waals surface area contributed by atoms with Crippen molar-refractivity contribution in [1.82, 2.24) is 5.32 Å². The van der Waals surface area contributed by atoms with Crippen LogP contribution in [0.4, 0.5) is 0 Å². The van der Waals surface area contributed by atoms with Crippen molar-refractivity contribution in [3.63, 3.8) is 0 Å². The maximum Gasteiger partial charge on any atom is 0.306 e. The normalized spacial score (nSPS) is 25.0. The summed E-state index contributed by atoms with van der Waals surface area (Å²) in [4.78, 5) is 22.8. The lowest BCUT2D eigenvalue weighted by Crippen LogP contribution is -2.39. The standard InChI is InChI=1S/C15H27NO4/c1-15(2,3)8-12(17)9-16-13(18)10-4-6-11(7-5-10)14(19)20/h10-12,17H,4-9H2,1-3H3,(H,16,18)(H,19,20). The quantitative estimate of drug-likeness (QED) is 0.718. The van der Waals surface area contributed by atoms with Gasteiger partial charge in [0, 0.05) is 12.5 Å². The maximum atomic E-state index is 12.0. The van der Waals surface area contributed by atoms with Crippen LogP contribution in [0.2, 0.25) is 0 Å². The predicted molar refractivity (Wildman–Crippen MR) is 76.2 cm³/mol. The maximum absolute atomic E-state index is 12.0. The molecule has 0 aromatic rings. The number of carboxylic acid groups (broad SMARTS) is 1. The van der Waals surface area contributed by atoms with E-state index in [2.05, 4.69) is 5.32 Å². The van der Waals surface area contributed by atoms with Crippen molar-refractivity contribution in [2.24, 2.45) is 17.3 Å². The SMILES string of the molecule is CC(C)(C)CC(O)CNC(=O)C1CCC(C(=O)O)CC1. The molecule has 0 aliphatic heterocycles. The first-order chi connectivity index (χ1) is 9.19. The van der Waals surface area contributed by atoms with Crippen molar-refractivity contribution in [2.45, 2.75) is 59.0 Å². The Labute approximate surface area is 120 Å². The van der Waals surface area contributed by atoms with Crippen LogP contribution in [0.1, 0.15) is 52.9 Å². The minimum absolute atomic E-state index is 0.0314. The third kappa shape index (κ3) is 5.90. The van der Waals surface area contributed by atoms with Crippen molar-refractivity contribution in [1.29, 1.82) is 0 Å². The summed E-state index contributed by atoms with van der Waals surface area (Å²) in [7, 11) is 0. The fraction of sp³-hybridized carbons (Fsp3) is 0.867. The summed E-state index contributed by atoms with van der Waals surface area (Å²) in [6.07, 6.45) is 2.49. The van der Waals surface area contributed by atoms with Crippen LogP contribution in [0.3, 0.4) is 0 Å². The molecule has 5 nitrogen and oxygen atoms in total. The highest BCUT2D eigenvalue weighted by Crippen LogP contribution is 2.29. The third-order valence-electron chi connectivity index (χ3n) is 3.81. The van der Waals surface area contributed by atoms with Crippen molar-refractivity contribution in [3.8, 4) is 0 Å². The fourth-order valence-electron chi connectivity index (χ4n) is 2.74. The third-order valence-corrected chi connectivity index (χ3v) is 3.81. The number of rotatable bonds is 5. The molecule has 1 aliphatic rings. The van der Waals surface area contributed by atoms with Gasteiger partial charge in [-0.25, -0.2) is 0 Å². The zero-order chi connectivity index (χ0) is 15.3. The Morgan fingerprint density at radius 1 is 1.15 bits per heavy atom. The number of carbonyl (C=O) groups excluding carboxylic acids is 1. The molecule has 116 valence electrons. The van der Waals surface area contributed by atoms with E-state index in [1.807, 2.05) is 20.8 Å². The summed E-state index contributed by atoms with van der Waals surface area (Å²) in [5.41, 5.74) is 0.0314. The van der Waals surface area contributed by atoms with Crippen molar-refractivity contribution >= 4 is 11.9 Å². The lowest BCUT2D eigenvalue weighted by molar-refractivity contribution is -0.144. The molecule has 5 heteroatoms. The smallest absolute Gasteiger partial charge is 0.306 e. The highest BCUT2D eigenvalue weighted by Gasteiger charge is 2.29. The number of aliphatic carboxylic acids is 1. The molecular formula is C15H27NO4. The Kier molecular flexibility index (Phi) is 5.99. The lowest BCUT2D eigenvalue weighted by Gasteiger charge is -2.26. The molecule has 1 unspecified atom stereocenters. The Balaban J connectivity index is 2.29. The van der Waals surface area contributed by atoms with Crippen LogP contribution < -0.4 is 5.32 Å². The second kappa shape index (κ2) is 7.07. The van der Waals surface area contributed by atoms with Gasteiger partial charge >= 0.3 is 5.97 Å². The van der Waals surface area contributed by atoms with Gasteiger partial charge in [-0.2, -0.15) is 0 Å². The van der Waals surface area contributed by atoms with E-state index in [4.69, 9.17) is 5.11 Å². The topological polar surface area (TPSA) is 86.6 Å². The summed E-state index contributed by atoms with van der Waals surface area (Å²) in [5.74, 6) is -1.22. The number of aliphatic hydroxyl groups excluding tert-OH is 1. The van der Waals surface area contributed by atoms with Crippen molar-refractivity contribution < 1.29 is 19.8 Å². The van der Waals surface area contributed by atoms with Crippen LogP contribution in [0.15, 0.2) is 0 Å². The van der Waals surface area contributed by atoms with Gasteiger partial charge in [-0.05, 0) is 37.5 Å². The number of hydrogen-bond donors (Lipinski definition) is 3. The molecule has 1 atom stereocenters. The highest BCUT2D eigenvalue weighted by atomic mass is 16.4. The molecule has 0 saturated heterocycles. The Morgan fingerprint density at radius 2 is 1.65 bits per heavy atom. The first-order valence-corrected chi connectivity index (χ1v) is 7.37. The summed E-state index contributed by atoms with van der Waals surface area (Å²) in [5, 5.41) is 21.6. The van der Waals surface area contributed by atoms with E-state index in [1.165, 1.54) is 0 Å². The minimum atomic E-state index is -0.760. The monoisotopic (exact) mass is 285 g/mol. The van der Waals surface area contributed by atoms with Gasteiger partial charge in [0.15, 0.2) is 0 Å². The van der Waals surface area contributed by atoms with Crippen LogP contribution in [-0.4, -0.2) is 34.7 Å². The molecule has 3 N–H and O–H groups in total. The first kappa shape index (κ1) is 17.0. The zero-order valence-electron chi connectivity index (χ0n) is 12.7. The number of amides is 1. The number of hydrogen-bond acceptors (Lipinski definition) is 3. The molecule has 0 aromatic carbocycles. The molecular weight excluding hydrogens is 258 g/mol. The van der Waals surface area contributed by atoms with Crippen molar-refractivity contribution in [3.05, 3.63) is 0 Å². The van der Waals surface area contributed by atoms with E-state index in [1.54, 1.807) is 0 Å². The number of aliphatic hydroxyl groups is 1. The lowest BCUT2D eigenvalue weighted by atomic mass is 9.81. The summed E-state index contributed by atoms with van der Waals surface area (Å²) in [6, 6.07) is 0. The molecule has 1 amide bonds. The molecule has 1 saturated carbocycles. The summed E-state index contributed by atoms with van der Waals surface area (Å²) in [6.45, 7) is 6.41. The van der Waals surface area contributed by atoms with E-state index in [0.29, 0.717) is 32.1 Å². The Bertz CT molecular complexity index is 340. The number of carboxylic acids is 1. The second-order valence-corrected chi connectivity index (χ2v) is 7.05. The van der Waals surface area contributed by atoms with E-state index in [9.17, 15) is 14.7 Å². The van der Waals surface area contributed by atoms with Gasteiger partial charge < -0.3 is 15.5 Å². The molecule has 20 heavy (non-hydrogen) atoms. The van der Waals surface area contributed by atoms with Crippen LogP contribution in [-0.2, 0) is 9.59 Å². The molecule has 0 bridgehead atoms. The highest BCUT2D eigenvalue weighted by molar-refractivity contribution is 5.79. The number of nitrogens with one attached hydrogen (secondary N) is 1. The average Bonchev–Trinajstić information content (AvgIpc) is 2.34. The van der Waals surface area contributed by atoms with Crippen molar-refractivity contribution in [2.75, 3.05) is 6.54 Å². The number of carbonyl (C=O) groups is 2. The molecule has 0 spiro atoms. The molecule has 0 heterocycles. The van der Waals surface area contributed by atoms with Gasteiger partial charge in [-0.1, -0.05) is 20.8 Å². The Morgan fingerprint density at radius 3 is 2.10 bits per heavy atom. The van der Waals surface area contributed by atoms with E-state index < -0.39 is 12.1 Å². The summed E-state index contributed by atoms with van der Waals surface area (Å²) < 4.78 is 0. The molecule has 1 rings (SSSR count). The van der Waals surface area contributed by atoms with Crippen LogP contribution in [0, 0.1) is 17.3 Å². The zero-order valence-corrected chi connectivity index (χ0v) is 12.7. The van der Waals surface area contributed by atoms with Gasteiger partial charge in [0.2, 0.25) is 5.91 Å². The van der Waals surface area contributed by atoms with Crippen LogP contribution in [0.25, 0.3) is 0 Å². The van der Waals surface area contributed by atoms with Crippen LogP contribution >= 0.6 is 0 Å². The second-order valence-electron chi connectivity index (χ2n) is 7.05. The Hall–Kier alpha value is -1.10. The van der Waals surface area contributed by atoms with Gasteiger partial charge in [0.25, 0.3) is 0 Å². The molecule has 0 aromatic heterocycles. The molecule has 1 fully saturated rings. The molecule has 1 aliphatic carbocycles. The van der Waals surface area contributed by atoms with E-state index >= 15 is 0 Å². The van der Waals surface area contributed by atoms with E-state index in [0.717, 1.165) is 0 Å². The average molecular weight is 285 g/mol. The minimum Gasteiger partial charge on any atom is -0.481 e. The van der Waals surface area contributed by atoms with Gasteiger partial charge in [-0.15, -0.1) is 0 Å². The van der Waals surface area contributed by atoms with Crippen LogP contribution in [0.5, 0.6) is 0 Å². The van der Waals surface area contributed by atoms with Gasteiger partial charge in [0.05, 0.1) is 12.0 Å². The fourth-order valence-corrected chi connectivity index (χ4v) is 2.74. The van der Waals surface area contributed by atoms with Gasteiger partial charge in [-0.3, -0.25) is 9.59 Å². The van der Waals surface area contributed by atoms with E-state index in [-0.39, 0.29) is 29.7 Å². The largest absolute Gasteiger partial charge is 0.481 e. The molecule has 0 radical (unpaired) electrons. The predicted octanol–water partition coefficient (Wildman–Crippen LogP) is 1.79. The first-order valence-electron chi connectivity index (χ1n) is 7.37.